The van der Waals surface area contributed by atoms with Crippen molar-refractivity contribution in [1.29, 1.82) is 0 Å². The van der Waals surface area contributed by atoms with Gasteiger partial charge in [-0.15, -0.1) is 0 Å². The van der Waals surface area contributed by atoms with Crippen LogP contribution in [0.2, 0.25) is 0 Å². The quantitative estimate of drug-likeness (QED) is 0.112. The fourth-order valence-corrected chi connectivity index (χ4v) is 24.0. The second-order valence-corrected chi connectivity index (χ2v) is 38.8. The molecule has 33 rings (SSSR count). The molecule has 0 unspecified atom stereocenters. The summed E-state index contributed by atoms with van der Waals surface area (Å²) >= 11 is 0. The Bertz CT molecular complexity index is 11100. The van der Waals surface area contributed by atoms with E-state index < -0.39 is 0 Å². The van der Waals surface area contributed by atoms with E-state index in [1.54, 1.807) is 0 Å². The van der Waals surface area contributed by atoms with E-state index in [4.69, 9.17) is 19.9 Å². The Hall–Kier alpha value is -19.9. The number of hydrogen-bond donors (Lipinski definition) is 0. The van der Waals surface area contributed by atoms with Crippen LogP contribution in [0.1, 0.15) is 0 Å². The van der Waals surface area contributed by atoms with Crippen molar-refractivity contribution in [2.45, 2.75) is 0 Å². The van der Waals surface area contributed by atoms with Gasteiger partial charge in [-0.1, -0.05) is 303 Å². The molecule has 0 N–H and O–H groups in total. The number of rotatable bonds is 8. The Kier molecular flexibility index (Phi) is 18.0. The van der Waals surface area contributed by atoms with Crippen molar-refractivity contribution in [3.05, 3.63) is 504 Å². The summed E-state index contributed by atoms with van der Waals surface area (Å²) in [5.41, 5.74) is 34.7. The molecule has 0 radical (unpaired) electrons. The summed E-state index contributed by atoms with van der Waals surface area (Å²) in [6, 6.07) is 182. The van der Waals surface area contributed by atoms with E-state index in [2.05, 4.69) is 523 Å². The Morgan fingerprint density at radius 1 is 0.122 bits per heavy atom. The van der Waals surface area contributed by atoms with E-state index >= 15 is 0 Å². The smallest absolute Gasteiger partial charge is 0.146 e. The van der Waals surface area contributed by atoms with Crippen molar-refractivity contribution in [1.82, 2.24) is 51.4 Å². The molecule has 682 valence electrons. The molecule has 0 spiro atoms. The summed E-state index contributed by atoms with van der Waals surface area (Å²) in [4.78, 5) is 20.5. The molecule has 0 amide bonds. The van der Waals surface area contributed by atoms with Gasteiger partial charge in [0.2, 0.25) is 0 Å². The molecule has 10 heterocycles. The standard InChI is InChI=1S/C53H32N4.C42H26N4.C41H25N3/c1-2-14-34-31-45-43(29-33(34)13-1)44-30-35(25-26-51(44)57-52-24-12-7-19-46(52)54-53(45)57)36-27-37(55-47-20-8-3-15-39(47)40-16-4-9-21-48(40)55)32-38(28-36)56-49-22-10-5-17-41(49)42-18-6-11-23-50(42)56;1-2-12-32(13-3-1)45-39-16-8-6-14-36(39)43-41(45)28-20-18-27(19-21-28)31-22-23-38-34(25-31)33-24-29-10-4-5-11-30(29)26-35(33)42-44-37-15-7-9-17-40(37)46(38)42;1-2-10-28-25-35-33(23-27(28)9-1)34-24-29(19-22-39(34)44-40-16-8-5-13-36(40)42-41(35)44)26-17-20-30(21-18-26)43-37-14-6-3-11-31(37)32-12-4-7-15-38(32)43/h1-32H;1-26H;1-25H. The predicted octanol–water partition coefficient (Wildman–Crippen LogP) is 35.1. The molecular formula is C136H83N11. The molecule has 0 saturated carbocycles. The average Bonchev–Trinajstić information content (AvgIpc) is 1.52. The molecule has 23 aromatic carbocycles. The number of para-hydroxylation sites is 15. The molecule has 11 heteroatoms. The first-order chi connectivity index (χ1) is 72.9. The van der Waals surface area contributed by atoms with Gasteiger partial charge >= 0.3 is 0 Å². The summed E-state index contributed by atoms with van der Waals surface area (Å²) in [5, 5.41) is 25.7. The van der Waals surface area contributed by atoms with Crippen LogP contribution >= 0.6 is 0 Å². The molecule has 0 aliphatic rings. The van der Waals surface area contributed by atoms with Crippen LogP contribution < -0.4 is 0 Å². The Morgan fingerprint density at radius 3 is 0.721 bits per heavy atom. The maximum Gasteiger partial charge on any atom is 0.146 e. The monoisotopic (exact) mass is 1870 g/mol. The third kappa shape index (κ3) is 12.8. The van der Waals surface area contributed by atoms with Gasteiger partial charge in [-0.25, -0.2) is 19.9 Å². The summed E-state index contributed by atoms with van der Waals surface area (Å²) in [6.45, 7) is 0. The van der Waals surface area contributed by atoms with Gasteiger partial charge in [0.25, 0.3) is 0 Å². The predicted molar refractivity (Wildman–Crippen MR) is 615 cm³/mol. The van der Waals surface area contributed by atoms with Gasteiger partial charge in [-0.3, -0.25) is 17.8 Å². The number of pyridine rings is 3. The minimum atomic E-state index is 0.935. The first-order valence-electron chi connectivity index (χ1n) is 50.2. The molecule has 0 aliphatic carbocycles. The van der Waals surface area contributed by atoms with Crippen LogP contribution in [0.25, 0.3) is 291 Å². The van der Waals surface area contributed by atoms with E-state index in [-0.39, 0.29) is 0 Å². The van der Waals surface area contributed by atoms with Gasteiger partial charge in [0, 0.05) is 92.9 Å². The molecule has 33 aromatic rings. The second-order valence-electron chi connectivity index (χ2n) is 38.8. The molecule has 0 fully saturated rings. The number of aromatic nitrogens is 11. The molecule has 0 saturated heterocycles. The van der Waals surface area contributed by atoms with Crippen molar-refractivity contribution >= 4 is 224 Å². The summed E-state index contributed by atoms with van der Waals surface area (Å²) in [5.74, 6) is 0.935. The number of benzene rings is 23. The lowest BCUT2D eigenvalue weighted by atomic mass is 9.97. The van der Waals surface area contributed by atoms with Crippen molar-refractivity contribution in [3.8, 4) is 67.5 Å². The maximum absolute atomic E-state index is 5.22. The minimum Gasteiger partial charge on any atom is -0.309 e. The highest BCUT2D eigenvalue weighted by Crippen LogP contribution is 2.47. The van der Waals surface area contributed by atoms with Crippen molar-refractivity contribution in [2.24, 2.45) is 0 Å². The number of hydrogen-bond acceptors (Lipinski definition) is 4. The normalized spacial score (nSPS) is 12.1. The first kappa shape index (κ1) is 81.9. The van der Waals surface area contributed by atoms with Crippen LogP contribution in [0.4, 0.5) is 0 Å². The van der Waals surface area contributed by atoms with E-state index in [1.807, 2.05) is 12.1 Å². The zero-order valence-electron chi connectivity index (χ0n) is 79.3. The molecular weight excluding hydrogens is 1790 g/mol. The largest absolute Gasteiger partial charge is 0.309 e. The van der Waals surface area contributed by atoms with Gasteiger partial charge in [0.15, 0.2) is 0 Å². The van der Waals surface area contributed by atoms with Gasteiger partial charge in [0.1, 0.15) is 22.8 Å². The SMILES string of the molecule is c1ccc(-n2c(-c3ccc(-c4ccc5c(c4)c4cc6ccccc6cc4c4nc6ccccc6n54)cc3)nc3ccccc32)cc1.c1ccc2cc3c(cc2c1)c1cc(-c2cc(-n4c5ccccc5c5ccccc54)cc(-n4c5ccccc5c5ccccc54)c2)ccc1n1c2ccccc2nc31.c1ccc2cc3c(cc2c1)c1cc(-c2ccc(-n4c5ccccc5c5ccccc54)cc2)ccc1n1c2ccccc2nc31. The lowest BCUT2D eigenvalue weighted by Gasteiger charge is -2.17. The van der Waals surface area contributed by atoms with Crippen LogP contribution in [0.3, 0.4) is 0 Å². The fourth-order valence-electron chi connectivity index (χ4n) is 24.0. The van der Waals surface area contributed by atoms with Crippen LogP contribution in [-0.4, -0.2) is 51.4 Å². The van der Waals surface area contributed by atoms with Gasteiger partial charge in [0.05, 0.1) is 93.8 Å². The van der Waals surface area contributed by atoms with E-state index in [1.165, 1.54) is 158 Å². The van der Waals surface area contributed by atoms with E-state index in [0.29, 0.717) is 0 Å². The Balaban J connectivity index is 0.000000101. The minimum absolute atomic E-state index is 0.935. The van der Waals surface area contributed by atoms with Gasteiger partial charge in [-0.05, 0) is 282 Å². The maximum atomic E-state index is 5.22. The molecule has 147 heavy (non-hydrogen) atoms. The molecule has 0 bridgehead atoms. The lowest BCUT2D eigenvalue weighted by Crippen LogP contribution is -2.00. The zero-order chi connectivity index (χ0) is 96.2. The van der Waals surface area contributed by atoms with Crippen LogP contribution in [0.15, 0.2) is 504 Å². The highest BCUT2D eigenvalue weighted by atomic mass is 15.1. The third-order valence-corrected chi connectivity index (χ3v) is 30.6. The first-order valence-corrected chi connectivity index (χ1v) is 50.2. The van der Waals surface area contributed by atoms with E-state index in [0.717, 1.165) is 134 Å². The summed E-state index contributed by atoms with van der Waals surface area (Å²) < 4.78 is 16.5. The Labute approximate surface area is 840 Å². The molecule has 0 atom stereocenters. The summed E-state index contributed by atoms with van der Waals surface area (Å²) in [7, 11) is 0. The molecule has 10 aromatic heterocycles. The van der Waals surface area contributed by atoms with Crippen LogP contribution in [-0.2, 0) is 0 Å². The van der Waals surface area contributed by atoms with Crippen molar-refractivity contribution in [3.63, 3.8) is 0 Å². The zero-order valence-corrected chi connectivity index (χ0v) is 79.3. The van der Waals surface area contributed by atoms with Gasteiger partial charge in [-0.2, -0.15) is 0 Å². The Morgan fingerprint density at radius 2 is 0.374 bits per heavy atom. The highest BCUT2D eigenvalue weighted by Gasteiger charge is 2.26. The van der Waals surface area contributed by atoms with Crippen LogP contribution in [0.5, 0.6) is 0 Å². The van der Waals surface area contributed by atoms with E-state index in [9.17, 15) is 0 Å². The van der Waals surface area contributed by atoms with Crippen molar-refractivity contribution < 1.29 is 0 Å². The molecule has 11 nitrogen and oxygen atoms in total. The number of imidazole rings is 4. The highest BCUT2D eigenvalue weighted by molar-refractivity contribution is 6.23. The third-order valence-electron chi connectivity index (χ3n) is 30.6. The topological polar surface area (TPSA) is 84.5 Å². The number of fused-ring (bicyclic) bond motifs is 37. The van der Waals surface area contributed by atoms with Gasteiger partial charge < -0.3 is 13.7 Å². The fraction of sp³-hybridized carbons (Fsp3) is 0. The molecule has 0 aliphatic heterocycles. The summed E-state index contributed by atoms with van der Waals surface area (Å²) in [6.07, 6.45) is 0. The van der Waals surface area contributed by atoms with Crippen molar-refractivity contribution in [2.75, 3.05) is 0 Å². The number of nitrogens with zero attached hydrogens (tertiary/aromatic N) is 11. The van der Waals surface area contributed by atoms with Crippen LogP contribution in [0, 0.1) is 0 Å². The lowest BCUT2D eigenvalue weighted by molar-refractivity contribution is 1.10. The average molecular weight is 1870 g/mol. The second kappa shape index (κ2) is 32.3.